The van der Waals surface area contributed by atoms with Gasteiger partial charge in [-0.3, -0.25) is 4.79 Å². The van der Waals surface area contributed by atoms with Crippen molar-refractivity contribution in [2.24, 2.45) is 5.73 Å². The molecule has 1 aliphatic rings. The molecule has 20 heavy (non-hydrogen) atoms. The standard InChI is InChI=1S/C16H24N2O.ClH/c1-12-6-3-4-7-14(12)15-8-5-11-18(15)16(19)10-9-13(2)17;/h3-4,6-7,13,15H,5,8-11,17H2,1-2H3;1H. The number of carbonyl (C=O) groups excluding carboxylic acids is 1. The van der Waals surface area contributed by atoms with Crippen molar-refractivity contribution in [3.05, 3.63) is 35.4 Å². The molecule has 3 nitrogen and oxygen atoms in total. The molecule has 2 atom stereocenters. The summed E-state index contributed by atoms with van der Waals surface area (Å²) in [7, 11) is 0. The van der Waals surface area contributed by atoms with Crippen molar-refractivity contribution in [1.29, 1.82) is 0 Å². The van der Waals surface area contributed by atoms with E-state index in [4.69, 9.17) is 5.73 Å². The highest BCUT2D eigenvalue weighted by Crippen LogP contribution is 2.34. The Balaban J connectivity index is 0.00000200. The first-order chi connectivity index (χ1) is 9.09. The molecule has 0 aliphatic carbocycles. The lowest BCUT2D eigenvalue weighted by Crippen LogP contribution is -2.31. The molecular weight excluding hydrogens is 272 g/mol. The first-order valence-corrected chi connectivity index (χ1v) is 7.20. The third-order valence-corrected chi connectivity index (χ3v) is 3.93. The Labute approximate surface area is 127 Å². The third-order valence-electron chi connectivity index (χ3n) is 3.93. The van der Waals surface area contributed by atoms with Crippen LogP contribution < -0.4 is 5.73 Å². The van der Waals surface area contributed by atoms with Gasteiger partial charge in [0.15, 0.2) is 0 Å². The second-order valence-electron chi connectivity index (χ2n) is 5.62. The Morgan fingerprint density at radius 3 is 2.80 bits per heavy atom. The molecule has 1 amide bonds. The van der Waals surface area contributed by atoms with Crippen LogP contribution in [0.5, 0.6) is 0 Å². The minimum Gasteiger partial charge on any atom is -0.336 e. The summed E-state index contributed by atoms with van der Waals surface area (Å²) in [4.78, 5) is 14.4. The number of nitrogens with zero attached hydrogens (tertiary/aromatic N) is 1. The maximum atomic E-state index is 12.3. The Hall–Kier alpha value is -1.06. The molecule has 1 aliphatic heterocycles. The zero-order valence-electron chi connectivity index (χ0n) is 12.3. The van der Waals surface area contributed by atoms with Crippen LogP contribution in [0.2, 0.25) is 0 Å². The van der Waals surface area contributed by atoms with E-state index in [1.54, 1.807) is 0 Å². The minimum absolute atomic E-state index is 0. The molecule has 4 heteroatoms. The average Bonchev–Trinajstić information content (AvgIpc) is 2.85. The zero-order valence-corrected chi connectivity index (χ0v) is 13.2. The van der Waals surface area contributed by atoms with Gasteiger partial charge in [0, 0.05) is 19.0 Å². The third kappa shape index (κ3) is 3.97. The van der Waals surface area contributed by atoms with Crippen LogP contribution in [0.15, 0.2) is 24.3 Å². The van der Waals surface area contributed by atoms with Crippen molar-refractivity contribution in [3.63, 3.8) is 0 Å². The van der Waals surface area contributed by atoms with E-state index in [0.717, 1.165) is 25.8 Å². The summed E-state index contributed by atoms with van der Waals surface area (Å²) in [6.07, 6.45) is 3.52. The number of benzene rings is 1. The number of nitrogens with two attached hydrogens (primary N) is 1. The van der Waals surface area contributed by atoms with E-state index in [0.29, 0.717) is 6.42 Å². The first kappa shape index (κ1) is 17.0. The average molecular weight is 297 g/mol. The second kappa shape index (κ2) is 7.65. The Kier molecular flexibility index (Phi) is 6.50. The molecule has 0 saturated carbocycles. The van der Waals surface area contributed by atoms with Gasteiger partial charge < -0.3 is 10.6 Å². The predicted molar refractivity (Wildman–Crippen MR) is 85.0 cm³/mol. The molecule has 1 aromatic rings. The molecule has 0 spiro atoms. The lowest BCUT2D eigenvalue weighted by atomic mass is 9.99. The molecule has 1 fully saturated rings. The SMILES string of the molecule is Cc1ccccc1C1CCCN1C(=O)CCC(C)N.Cl. The number of halogens is 1. The maximum absolute atomic E-state index is 12.3. The second-order valence-corrected chi connectivity index (χ2v) is 5.62. The summed E-state index contributed by atoms with van der Waals surface area (Å²) in [6.45, 7) is 4.96. The number of likely N-dealkylation sites (tertiary alicyclic amines) is 1. The highest BCUT2D eigenvalue weighted by molar-refractivity contribution is 5.85. The molecule has 0 aromatic heterocycles. The van der Waals surface area contributed by atoms with Crippen molar-refractivity contribution in [3.8, 4) is 0 Å². The van der Waals surface area contributed by atoms with E-state index in [1.807, 2.05) is 11.8 Å². The van der Waals surface area contributed by atoms with E-state index < -0.39 is 0 Å². The highest BCUT2D eigenvalue weighted by atomic mass is 35.5. The van der Waals surface area contributed by atoms with E-state index in [-0.39, 0.29) is 30.4 Å². The van der Waals surface area contributed by atoms with Gasteiger partial charge in [-0.1, -0.05) is 24.3 Å². The summed E-state index contributed by atoms with van der Waals surface area (Å²) in [5.74, 6) is 0.253. The van der Waals surface area contributed by atoms with Crippen molar-refractivity contribution in [2.75, 3.05) is 6.54 Å². The maximum Gasteiger partial charge on any atom is 0.223 e. The molecule has 1 aromatic carbocycles. The van der Waals surface area contributed by atoms with E-state index in [2.05, 4.69) is 31.2 Å². The predicted octanol–water partition coefficient (Wildman–Crippen LogP) is 3.21. The quantitative estimate of drug-likeness (QED) is 0.927. The molecule has 1 heterocycles. The van der Waals surface area contributed by atoms with Crippen LogP contribution in [0.25, 0.3) is 0 Å². The smallest absolute Gasteiger partial charge is 0.223 e. The first-order valence-electron chi connectivity index (χ1n) is 7.20. The summed E-state index contributed by atoms with van der Waals surface area (Å²) >= 11 is 0. The molecule has 0 radical (unpaired) electrons. The van der Waals surface area contributed by atoms with Gasteiger partial charge in [0.1, 0.15) is 0 Å². The van der Waals surface area contributed by atoms with Gasteiger partial charge in [-0.05, 0) is 44.2 Å². The minimum atomic E-state index is 0. The molecule has 0 bridgehead atoms. The number of hydrogen-bond donors (Lipinski definition) is 1. The van der Waals surface area contributed by atoms with Gasteiger partial charge in [-0.2, -0.15) is 0 Å². The zero-order chi connectivity index (χ0) is 13.8. The summed E-state index contributed by atoms with van der Waals surface area (Å²) in [5, 5.41) is 0. The van der Waals surface area contributed by atoms with Crippen LogP contribution in [0, 0.1) is 6.92 Å². The highest BCUT2D eigenvalue weighted by Gasteiger charge is 2.30. The van der Waals surface area contributed by atoms with Gasteiger partial charge in [0.05, 0.1) is 6.04 Å². The fourth-order valence-electron chi connectivity index (χ4n) is 2.84. The van der Waals surface area contributed by atoms with Gasteiger partial charge in [-0.15, -0.1) is 12.4 Å². The number of rotatable bonds is 4. The van der Waals surface area contributed by atoms with Crippen LogP contribution in [0.1, 0.15) is 49.8 Å². The van der Waals surface area contributed by atoms with Crippen LogP contribution in [-0.4, -0.2) is 23.4 Å². The largest absolute Gasteiger partial charge is 0.336 e. The molecule has 1 saturated heterocycles. The molecule has 112 valence electrons. The van der Waals surface area contributed by atoms with Gasteiger partial charge in [0.25, 0.3) is 0 Å². The lowest BCUT2D eigenvalue weighted by molar-refractivity contribution is -0.132. The monoisotopic (exact) mass is 296 g/mol. The number of carbonyl (C=O) groups is 1. The van der Waals surface area contributed by atoms with Crippen LogP contribution in [0.3, 0.4) is 0 Å². The normalized spacial score (nSPS) is 19.6. The summed E-state index contributed by atoms with van der Waals surface area (Å²) in [6, 6.07) is 8.75. The number of amides is 1. The van der Waals surface area contributed by atoms with Crippen molar-refractivity contribution < 1.29 is 4.79 Å². The van der Waals surface area contributed by atoms with Crippen LogP contribution >= 0.6 is 12.4 Å². The Morgan fingerprint density at radius 1 is 1.45 bits per heavy atom. The summed E-state index contributed by atoms with van der Waals surface area (Å²) in [5.41, 5.74) is 8.32. The van der Waals surface area contributed by atoms with E-state index >= 15 is 0 Å². The van der Waals surface area contributed by atoms with Gasteiger partial charge >= 0.3 is 0 Å². The summed E-state index contributed by atoms with van der Waals surface area (Å²) < 4.78 is 0. The lowest BCUT2D eigenvalue weighted by Gasteiger charge is -2.26. The van der Waals surface area contributed by atoms with Crippen molar-refractivity contribution in [1.82, 2.24) is 4.90 Å². The van der Waals surface area contributed by atoms with E-state index in [9.17, 15) is 4.79 Å². The van der Waals surface area contributed by atoms with E-state index in [1.165, 1.54) is 11.1 Å². The number of aryl methyl sites for hydroxylation is 1. The topological polar surface area (TPSA) is 46.3 Å². The van der Waals surface area contributed by atoms with Gasteiger partial charge in [-0.25, -0.2) is 0 Å². The fourth-order valence-corrected chi connectivity index (χ4v) is 2.84. The van der Waals surface area contributed by atoms with Crippen LogP contribution in [-0.2, 0) is 4.79 Å². The van der Waals surface area contributed by atoms with Crippen molar-refractivity contribution >= 4 is 18.3 Å². The molecule has 2 unspecified atom stereocenters. The molecular formula is C16H25ClN2O. The molecule has 2 N–H and O–H groups in total. The molecule has 2 rings (SSSR count). The number of hydrogen-bond acceptors (Lipinski definition) is 2. The van der Waals surface area contributed by atoms with Gasteiger partial charge in [0.2, 0.25) is 5.91 Å². The van der Waals surface area contributed by atoms with Crippen molar-refractivity contribution in [2.45, 2.75) is 51.6 Å². The Morgan fingerprint density at radius 2 is 2.15 bits per heavy atom. The van der Waals surface area contributed by atoms with Crippen LogP contribution in [0.4, 0.5) is 0 Å². The Bertz CT molecular complexity index is 448. The fraction of sp³-hybridized carbons (Fsp3) is 0.562.